The van der Waals surface area contributed by atoms with Gasteiger partial charge >= 0.3 is 11.9 Å². The van der Waals surface area contributed by atoms with Crippen LogP contribution in [0.4, 0.5) is 0 Å². The number of hydrogen-bond acceptors (Lipinski definition) is 5. The molecule has 5 atom stereocenters. The molecule has 2 unspecified atom stereocenters. The fourth-order valence-electron chi connectivity index (χ4n) is 4.10. The van der Waals surface area contributed by atoms with Gasteiger partial charge in [0.05, 0.1) is 32.4 Å². The standard InChI is InChI=1S/C25H29BO5/c1-17(26)23-22(24(28)30-16-20-12-8-5-9-13-20)25(3,18(2)31-23)14-21(27)29-15-19-10-6-4-7-11-19/h4-13,17-18,22-23H,14-16H2,1-3H3/t17-,18+,22?,23?,25-/m1/s1. The number of ether oxygens (including phenoxy) is 3. The molecule has 6 heteroatoms. The lowest BCUT2D eigenvalue weighted by Crippen LogP contribution is -2.42. The number of rotatable bonds is 8. The second-order valence-corrected chi connectivity index (χ2v) is 8.50. The molecular weight excluding hydrogens is 391 g/mol. The maximum Gasteiger partial charge on any atom is 0.312 e. The van der Waals surface area contributed by atoms with Crippen LogP contribution in [0.15, 0.2) is 60.7 Å². The minimum absolute atomic E-state index is 0.0370. The van der Waals surface area contributed by atoms with E-state index in [4.69, 9.17) is 22.1 Å². The van der Waals surface area contributed by atoms with E-state index in [1.54, 1.807) is 6.92 Å². The molecule has 1 saturated heterocycles. The monoisotopic (exact) mass is 420 g/mol. The van der Waals surface area contributed by atoms with Crippen LogP contribution in [0.3, 0.4) is 0 Å². The van der Waals surface area contributed by atoms with Crippen LogP contribution in [0.25, 0.3) is 0 Å². The average Bonchev–Trinajstić information content (AvgIpc) is 3.02. The molecule has 2 aromatic carbocycles. The molecule has 0 spiro atoms. The van der Waals surface area contributed by atoms with Crippen molar-refractivity contribution in [1.29, 1.82) is 0 Å². The Morgan fingerprint density at radius 3 is 2.03 bits per heavy atom. The lowest BCUT2D eigenvalue weighted by molar-refractivity contribution is -0.157. The van der Waals surface area contributed by atoms with Gasteiger partial charge in [0.2, 0.25) is 0 Å². The third-order valence-electron chi connectivity index (χ3n) is 6.09. The Labute approximate surface area is 185 Å². The maximum absolute atomic E-state index is 13.1. The fourth-order valence-corrected chi connectivity index (χ4v) is 4.10. The molecule has 5 nitrogen and oxygen atoms in total. The Morgan fingerprint density at radius 2 is 1.52 bits per heavy atom. The van der Waals surface area contributed by atoms with Gasteiger partial charge in [0.25, 0.3) is 0 Å². The molecule has 0 aromatic heterocycles. The molecule has 0 aliphatic carbocycles. The van der Waals surface area contributed by atoms with E-state index >= 15 is 0 Å². The zero-order chi connectivity index (χ0) is 22.4. The largest absolute Gasteiger partial charge is 0.461 e. The molecular formula is C25H29BO5. The minimum Gasteiger partial charge on any atom is -0.461 e. The molecule has 1 aliphatic heterocycles. The van der Waals surface area contributed by atoms with E-state index in [2.05, 4.69) is 0 Å². The Balaban J connectivity index is 1.71. The summed E-state index contributed by atoms with van der Waals surface area (Å²) in [6.07, 6.45) is -0.859. The van der Waals surface area contributed by atoms with Gasteiger partial charge < -0.3 is 14.2 Å². The number of hydrogen-bond donors (Lipinski definition) is 0. The summed E-state index contributed by atoms with van der Waals surface area (Å²) in [7, 11) is 6.13. The van der Waals surface area contributed by atoms with Crippen LogP contribution in [0.2, 0.25) is 5.82 Å². The summed E-state index contributed by atoms with van der Waals surface area (Å²) in [5.41, 5.74) is 1.01. The van der Waals surface area contributed by atoms with Gasteiger partial charge in [0.1, 0.15) is 13.2 Å². The van der Waals surface area contributed by atoms with E-state index in [1.165, 1.54) is 0 Å². The second-order valence-electron chi connectivity index (χ2n) is 8.50. The first-order chi connectivity index (χ1) is 14.8. The van der Waals surface area contributed by atoms with E-state index in [0.29, 0.717) is 0 Å². The molecule has 3 rings (SSSR count). The smallest absolute Gasteiger partial charge is 0.312 e. The van der Waals surface area contributed by atoms with Crippen molar-refractivity contribution < 1.29 is 23.8 Å². The summed E-state index contributed by atoms with van der Waals surface area (Å²) >= 11 is 0. The highest BCUT2D eigenvalue weighted by Gasteiger charge is 2.57. The van der Waals surface area contributed by atoms with Crippen LogP contribution in [-0.2, 0) is 37.0 Å². The number of carbonyl (C=O) groups excluding carboxylic acids is 2. The van der Waals surface area contributed by atoms with Gasteiger partial charge in [0.15, 0.2) is 0 Å². The quantitative estimate of drug-likeness (QED) is 0.472. The Kier molecular flexibility index (Phi) is 7.55. The van der Waals surface area contributed by atoms with E-state index in [-0.39, 0.29) is 37.5 Å². The molecule has 0 N–H and O–H groups in total. The molecule has 2 radical (unpaired) electrons. The third-order valence-corrected chi connectivity index (χ3v) is 6.09. The molecule has 2 aromatic rings. The van der Waals surface area contributed by atoms with Crippen LogP contribution in [-0.4, -0.2) is 32.0 Å². The van der Waals surface area contributed by atoms with Crippen molar-refractivity contribution in [3.05, 3.63) is 71.8 Å². The predicted molar refractivity (Wildman–Crippen MR) is 118 cm³/mol. The molecule has 0 amide bonds. The van der Waals surface area contributed by atoms with Crippen LogP contribution in [0, 0.1) is 11.3 Å². The molecule has 1 aliphatic rings. The normalized spacial score (nSPS) is 26.2. The molecule has 31 heavy (non-hydrogen) atoms. The lowest BCUT2D eigenvalue weighted by atomic mass is 9.66. The van der Waals surface area contributed by atoms with Gasteiger partial charge in [-0.1, -0.05) is 80.3 Å². The second kappa shape index (κ2) is 10.1. The number of esters is 2. The average molecular weight is 420 g/mol. The van der Waals surface area contributed by atoms with Crippen molar-refractivity contribution in [2.75, 3.05) is 0 Å². The zero-order valence-corrected chi connectivity index (χ0v) is 18.3. The number of benzene rings is 2. The lowest BCUT2D eigenvalue weighted by Gasteiger charge is -2.32. The summed E-state index contributed by atoms with van der Waals surface area (Å²) in [6, 6.07) is 19.0. The summed E-state index contributed by atoms with van der Waals surface area (Å²) in [5.74, 6) is -1.85. The number of carbonyl (C=O) groups is 2. The van der Waals surface area contributed by atoms with Crippen LogP contribution < -0.4 is 0 Å². The summed E-state index contributed by atoms with van der Waals surface area (Å²) < 4.78 is 17.2. The first kappa shape index (κ1) is 23.1. The van der Waals surface area contributed by atoms with Crippen molar-refractivity contribution in [2.24, 2.45) is 11.3 Å². The zero-order valence-electron chi connectivity index (χ0n) is 18.3. The molecule has 1 fully saturated rings. The van der Waals surface area contributed by atoms with E-state index in [0.717, 1.165) is 11.1 Å². The first-order valence-corrected chi connectivity index (χ1v) is 10.6. The highest BCUT2D eigenvalue weighted by molar-refractivity contribution is 6.12. The van der Waals surface area contributed by atoms with Crippen molar-refractivity contribution in [3.8, 4) is 0 Å². The highest BCUT2D eigenvalue weighted by Crippen LogP contribution is 2.49. The van der Waals surface area contributed by atoms with Gasteiger partial charge in [-0.3, -0.25) is 9.59 Å². The van der Waals surface area contributed by atoms with Crippen LogP contribution >= 0.6 is 0 Å². The van der Waals surface area contributed by atoms with Crippen molar-refractivity contribution in [3.63, 3.8) is 0 Å². The third kappa shape index (κ3) is 5.56. The van der Waals surface area contributed by atoms with Crippen LogP contribution in [0.5, 0.6) is 0 Å². The van der Waals surface area contributed by atoms with Gasteiger partial charge in [-0.15, -0.1) is 0 Å². The summed E-state index contributed by atoms with van der Waals surface area (Å²) in [5, 5.41) is 0. The fraction of sp³-hybridized carbons (Fsp3) is 0.440. The van der Waals surface area contributed by atoms with E-state index in [9.17, 15) is 9.59 Å². The minimum atomic E-state index is -0.792. The SMILES string of the molecule is [B][C@H](C)C1O[C@@H](C)[C@@](C)(CC(=O)OCc2ccccc2)C1C(=O)OCc1ccccc1. The van der Waals surface area contributed by atoms with Crippen molar-refractivity contribution in [2.45, 2.75) is 58.4 Å². The highest BCUT2D eigenvalue weighted by atomic mass is 16.5. The van der Waals surface area contributed by atoms with Gasteiger partial charge in [0, 0.05) is 5.41 Å². The topological polar surface area (TPSA) is 61.8 Å². The maximum atomic E-state index is 13.1. The predicted octanol–water partition coefficient (Wildman–Crippen LogP) is 4.25. The Bertz CT molecular complexity index is 870. The van der Waals surface area contributed by atoms with Gasteiger partial charge in [-0.05, 0) is 18.1 Å². The Hall–Kier alpha value is -2.60. The molecule has 0 saturated carbocycles. The molecule has 162 valence electrons. The van der Waals surface area contributed by atoms with E-state index in [1.807, 2.05) is 74.5 Å². The van der Waals surface area contributed by atoms with Crippen molar-refractivity contribution >= 4 is 19.8 Å². The first-order valence-electron chi connectivity index (χ1n) is 10.6. The Morgan fingerprint density at radius 1 is 1.00 bits per heavy atom. The van der Waals surface area contributed by atoms with Crippen molar-refractivity contribution in [1.82, 2.24) is 0 Å². The van der Waals surface area contributed by atoms with E-state index < -0.39 is 23.4 Å². The van der Waals surface area contributed by atoms with Gasteiger partial charge in [-0.25, -0.2) is 0 Å². The van der Waals surface area contributed by atoms with Crippen LogP contribution in [0.1, 0.15) is 38.3 Å². The molecule has 0 bridgehead atoms. The summed E-state index contributed by atoms with van der Waals surface area (Å²) in [4.78, 5) is 25.8. The molecule has 1 heterocycles. The summed E-state index contributed by atoms with van der Waals surface area (Å²) in [6.45, 7) is 5.88. The van der Waals surface area contributed by atoms with Gasteiger partial charge in [-0.2, -0.15) is 0 Å².